The van der Waals surface area contributed by atoms with Crippen molar-refractivity contribution < 1.29 is 23.0 Å². The monoisotopic (exact) mass is 540 g/mol. The summed E-state index contributed by atoms with van der Waals surface area (Å²) in [7, 11) is 0. The molecular weight excluding hydrogens is 509 g/mol. The van der Waals surface area contributed by atoms with Crippen LogP contribution in [0.3, 0.4) is 0 Å². The Morgan fingerprint density at radius 1 is 1.20 bits per heavy atom. The molecule has 1 aliphatic carbocycles. The second-order valence-corrected chi connectivity index (χ2v) is 6.68. The number of carbonyl (C=O) groups excluding carboxylic acids is 1. The maximum atomic E-state index is 12.8. The molecule has 0 saturated heterocycles. The lowest BCUT2D eigenvalue weighted by Crippen LogP contribution is -2.41. The number of benzene rings is 1. The van der Waals surface area contributed by atoms with Crippen LogP contribution in [-0.4, -0.2) is 44.7 Å². The zero-order chi connectivity index (χ0) is 21.1. The van der Waals surface area contributed by atoms with Crippen LogP contribution in [-0.2, 0) is 11.3 Å². The molecular formula is C20H31F2IN4O3. The number of nitrogens with zero attached hydrogens (tertiary/aromatic N) is 1. The Labute approximate surface area is 193 Å². The molecule has 0 unspecified atom stereocenters. The molecule has 30 heavy (non-hydrogen) atoms. The van der Waals surface area contributed by atoms with Crippen LogP contribution in [0.1, 0.15) is 38.7 Å². The molecule has 3 N–H and O–H groups in total. The third-order valence-corrected chi connectivity index (χ3v) is 4.14. The molecule has 0 aliphatic heterocycles. The number of hydrogen-bond donors (Lipinski definition) is 3. The summed E-state index contributed by atoms with van der Waals surface area (Å²) in [6.07, 6.45) is 2.75. The standard InChI is InChI=1S/C20H30F2N4O3.HI/c1-3-11-28-16-8-7-15(17(12-16)29-19(21)22)13-26-20(23-4-2)25-10-9-24-18(27)14-5-6-14;/h7-8,12,14,19H,3-6,9-11,13H2,1-2H3,(H,24,27)(H2,23,25,26);1H. The molecule has 0 bridgehead atoms. The van der Waals surface area contributed by atoms with Crippen molar-refractivity contribution in [1.82, 2.24) is 16.0 Å². The lowest BCUT2D eigenvalue weighted by Gasteiger charge is -2.14. The smallest absolute Gasteiger partial charge is 0.387 e. The first-order chi connectivity index (χ1) is 14.0. The number of nitrogens with one attached hydrogen (secondary N) is 3. The van der Waals surface area contributed by atoms with Crippen LogP contribution in [0.25, 0.3) is 0 Å². The highest BCUT2D eigenvalue weighted by Gasteiger charge is 2.28. The predicted octanol–water partition coefficient (Wildman–Crippen LogP) is 3.28. The Bertz CT molecular complexity index is 688. The van der Waals surface area contributed by atoms with E-state index >= 15 is 0 Å². The van der Waals surface area contributed by atoms with Gasteiger partial charge in [0.2, 0.25) is 5.91 Å². The van der Waals surface area contributed by atoms with E-state index in [4.69, 9.17) is 4.74 Å². The van der Waals surface area contributed by atoms with Crippen LogP contribution in [0.4, 0.5) is 8.78 Å². The molecule has 0 aromatic heterocycles. The van der Waals surface area contributed by atoms with Gasteiger partial charge < -0.3 is 25.4 Å². The summed E-state index contributed by atoms with van der Waals surface area (Å²) < 4.78 is 35.7. The van der Waals surface area contributed by atoms with E-state index in [1.165, 1.54) is 6.07 Å². The highest BCUT2D eigenvalue weighted by Crippen LogP contribution is 2.28. The van der Waals surface area contributed by atoms with Gasteiger partial charge in [0.1, 0.15) is 11.5 Å². The third kappa shape index (κ3) is 9.77. The highest BCUT2D eigenvalue weighted by atomic mass is 127. The molecule has 0 heterocycles. The Morgan fingerprint density at radius 2 is 1.93 bits per heavy atom. The molecule has 0 atom stereocenters. The summed E-state index contributed by atoms with van der Waals surface area (Å²) >= 11 is 0. The van der Waals surface area contributed by atoms with E-state index in [1.807, 2.05) is 13.8 Å². The van der Waals surface area contributed by atoms with E-state index in [-0.39, 0.29) is 48.1 Å². The fourth-order valence-corrected chi connectivity index (χ4v) is 2.54. The van der Waals surface area contributed by atoms with Gasteiger partial charge in [-0.25, -0.2) is 4.99 Å². The van der Waals surface area contributed by atoms with Crippen molar-refractivity contribution in [3.8, 4) is 11.5 Å². The van der Waals surface area contributed by atoms with Gasteiger partial charge in [-0.05, 0) is 38.3 Å². The Hall–Kier alpha value is -1.85. The van der Waals surface area contributed by atoms with Crippen LogP contribution in [0.15, 0.2) is 23.2 Å². The average Bonchev–Trinajstić information content (AvgIpc) is 3.53. The maximum absolute atomic E-state index is 12.8. The van der Waals surface area contributed by atoms with Gasteiger partial charge >= 0.3 is 6.61 Å². The molecule has 170 valence electrons. The van der Waals surface area contributed by atoms with E-state index < -0.39 is 6.61 Å². The van der Waals surface area contributed by atoms with Crippen molar-refractivity contribution in [3.63, 3.8) is 0 Å². The summed E-state index contributed by atoms with van der Waals surface area (Å²) in [5.74, 6) is 1.32. The van der Waals surface area contributed by atoms with Gasteiger partial charge in [-0.1, -0.05) is 6.92 Å². The molecule has 1 aliphatic rings. The number of rotatable bonds is 12. The second kappa shape index (κ2) is 14.2. The minimum Gasteiger partial charge on any atom is -0.493 e. The molecule has 2 rings (SSSR count). The summed E-state index contributed by atoms with van der Waals surface area (Å²) in [4.78, 5) is 16.1. The summed E-state index contributed by atoms with van der Waals surface area (Å²) in [6, 6.07) is 4.85. The SMILES string of the molecule is CCCOc1ccc(CN=C(NCC)NCCNC(=O)C2CC2)c(OC(F)F)c1.I. The molecule has 0 radical (unpaired) electrons. The molecule has 0 spiro atoms. The number of alkyl halides is 2. The van der Waals surface area contributed by atoms with Crippen molar-refractivity contribution >= 4 is 35.8 Å². The van der Waals surface area contributed by atoms with Gasteiger partial charge in [0.05, 0.1) is 13.2 Å². The van der Waals surface area contributed by atoms with E-state index in [0.29, 0.717) is 43.5 Å². The van der Waals surface area contributed by atoms with E-state index in [0.717, 1.165) is 19.3 Å². The van der Waals surface area contributed by atoms with Gasteiger partial charge in [0, 0.05) is 37.2 Å². The number of carbonyl (C=O) groups is 1. The lowest BCUT2D eigenvalue weighted by atomic mass is 10.2. The zero-order valence-corrected chi connectivity index (χ0v) is 19.7. The quantitative estimate of drug-likeness (QED) is 0.164. The third-order valence-electron chi connectivity index (χ3n) is 4.14. The molecule has 10 heteroatoms. The molecule has 1 saturated carbocycles. The Balaban J connectivity index is 0.00000450. The molecule has 1 aromatic rings. The number of aliphatic imine (C=N–C) groups is 1. The second-order valence-electron chi connectivity index (χ2n) is 6.68. The van der Waals surface area contributed by atoms with Crippen molar-refractivity contribution in [2.45, 2.75) is 46.3 Å². The number of hydrogen-bond acceptors (Lipinski definition) is 4. The Morgan fingerprint density at radius 3 is 2.57 bits per heavy atom. The number of ether oxygens (including phenoxy) is 2. The zero-order valence-electron chi connectivity index (χ0n) is 17.4. The first-order valence-electron chi connectivity index (χ1n) is 10.0. The van der Waals surface area contributed by atoms with E-state index in [1.54, 1.807) is 12.1 Å². The first-order valence-corrected chi connectivity index (χ1v) is 10.0. The van der Waals surface area contributed by atoms with Crippen LogP contribution in [0.2, 0.25) is 0 Å². The minimum atomic E-state index is -2.93. The summed E-state index contributed by atoms with van der Waals surface area (Å²) in [5, 5.41) is 9.07. The largest absolute Gasteiger partial charge is 0.493 e. The molecule has 1 fully saturated rings. The minimum absolute atomic E-state index is 0. The van der Waals surface area contributed by atoms with Gasteiger partial charge in [-0.3, -0.25) is 4.79 Å². The number of amides is 1. The predicted molar refractivity (Wildman–Crippen MR) is 123 cm³/mol. The van der Waals surface area contributed by atoms with Crippen LogP contribution >= 0.6 is 24.0 Å². The lowest BCUT2D eigenvalue weighted by molar-refractivity contribution is -0.122. The number of guanidine groups is 1. The van der Waals surface area contributed by atoms with Gasteiger partial charge in [0.25, 0.3) is 0 Å². The van der Waals surface area contributed by atoms with Crippen molar-refractivity contribution in [3.05, 3.63) is 23.8 Å². The maximum Gasteiger partial charge on any atom is 0.387 e. The van der Waals surface area contributed by atoms with Crippen molar-refractivity contribution in [2.24, 2.45) is 10.9 Å². The first kappa shape index (κ1) is 26.2. The van der Waals surface area contributed by atoms with Crippen LogP contribution in [0, 0.1) is 5.92 Å². The Kier molecular flexibility index (Phi) is 12.4. The molecule has 1 aromatic carbocycles. The summed E-state index contributed by atoms with van der Waals surface area (Å²) in [5.41, 5.74) is 0.522. The van der Waals surface area contributed by atoms with Gasteiger partial charge in [-0.2, -0.15) is 8.78 Å². The number of halogens is 3. The van der Waals surface area contributed by atoms with Gasteiger partial charge in [0.15, 0.2) is 5.96 Å². The van der Waals surface area contributed by atoms with Crippen LogP contribution < -0.4 is 25.4 Å². The topological polar surface area (TPSA) is 84.0 Å². The molecule has 7 nitrogen and oxygen atoms in total. The average molecular weight is 540 g/mol. The van der Waals surface area contributed by atoms with E-state index in [2.05, 4.69) is 25.7 Å². The fraction of sp³-hybridized carbons (Fsp3) is 0.600. The highest BCUT2D eigenvalue weighted by molar-refractivity contribution is 14.0. The van der Waals surface area contributed by atoms with Gasteiger partial charge in [-0.15, -0.1) is 24.0 Å². The van der Waals surface area contributed by atoms with E-state index in [9.17, 15) is 13.6 Å². The molecule has 1 amide bonds. The van der Waals surface area contributed by atoms with Crippen molar-refractivity contribution in [1.29, 1.82) is 0 Å². The van der Waals surface area contributed by atoms with Crippen molar-refractivity contribution in [2.75, 3.05) is 26.2 Å². The normalized spacial score (nSPS) is 13.4. The summed E-state index contributed by atoms with van der Waals surface area (Å²) in [6.45, 7) is 3.25. The fourth-order valence-electron chi connectivity index (χ4n) is 2.54. The van der Waals surface area contributed by atoms with Crippen LogP contribution in [0.5, 0.6) is 11.5 Å².